The normalized spacial score (nSPS) is 17.8. The number of carbonyl (C=O) groups excluding carboxylic acids is 3. The number of fused-ring (bicyclic) bond motifs is 3. The van der Waals surface area contributed by atoms with Crippen LogP contribution in [0.2, 0.25) is 0 Å². The maximum absolute atomic E-state index is 15.1. The molecule has 16 nitrogen and oxygen atoms in total. The molecule has 5 aromatic heterocycles. The van der Waals surface area contributed by atoms with Gasteiger partial charge in [-0.3, -0.25) is 23.5 Å². The van der Waals surface area contributed by atoms with Crippen molar-refractivity contribution in [2.45, 2.75) is 110 Å². The van der Waals surface area contributed by atoms with Gasteiger partial charge in [0.05, 0.1) is 52.7 Å². The van der Waals surface area contributed by atoms with Crippen LogP contribution in [0, 0.1) is 12.8 Å². The maximum Gasteiger partial charge on any atom is 0.264 e. The SMILES string of the molecule is CC(=O)N1CCc2c(c(N3CCCc4cc(-c5ccn6c(-c7cc(C(C(=O)N8CCC(O)C8)C(C)C)on7)cnc6c5)c(C(F)F)cc43)nn2C2CCOCC2)C1.Cc1ncsc1-c1ccc(C(C)NC=O)cc1. The number of hydrogen-bond acceptors (Lipinski definition) is 12. The monoisotopic (exact) mass is 1030 g/mol. The number of aliphatic hydroxyl groups is 1. The molecule has 11 rings (SSSR count). The van der Waals surface area contributed by atoms with E-state index < -0.39 is 18.4 Å². The Morgan fingerprint density at radius 2 is 1.74 bits per heavy atom. The fourth-order valence-corrected chi connectivity index (χ4v) is 11.7. The van der Waals surface area contributed by atoms with Crippen LogP contribution in [0.5, 0.6) is 0 Å². The van der Waals surface area contributed by atoms with Crippen molar-refractivity contribution in [1.29, 1.82) is 0 Å². The zero-order chi connectivity index (χ0) is 51.8. The van der Waals surface area contributed by atoms with Gasteiger partial charge in [-0.1, -0.05) is 43.3 Å². The van der Waals surface area contributed by atoms with Crippen LogP contribution in [-0.2, 0) is 38.5 Å². The van der Waals surface area contributed by atoms with Crippen LogP contribution in [0.3, 0.4) is 0 Å². The number of aryl methyl sites for hydroxylation is 2. The van der Waals surface area contributed by atoms with Gasteiger partial charge >= 0.3 is 0 Å². The van der Waals surface area contributed by atoms with E-state index in [0.717, 1.165) is 71.7 Å². The average Bonchev–Trinajstić information content (AvgIpc) is 4.28. The Kier molecular flexibility index (Phi) is 14.8. The lowest BCUT2D eigenvalue weighted by Gasteiger charge is -2.33. The number of alkyl halides is 2. The number of rotatable bonds is 12. The summed E-state index contributed by atoms with van der Waals surface area (Å²) in [6.45, 7) is 13.3. The number of β-amino-alcohol motifs (C(OH)–C–C–N with tert-alkyl or cyclic N) is 1. The lowest BCUT2D eigenvalue weighted by atomic mass is 9.91. The van der Waals surface area contributed by atoms with E-state index in [-0.39, 0.29) is 35.4 Å². The van der Waals surface area contributed by atoms with E-state index in [9.17, 15) is 19.5 Å². The zero-order valence-corrected chi connectivity index (χ0v) is 43.2. The molecule has 3 amide bonds. The fraction of sp³-hybridized carbons (Fsp3) is 0.436. The van der Waals surface area contributed by atoms with Crippen LogP contribution in [0.15, 0.2) is 77.0 Å². The fourth-order valence-electron chi connectivity index (χ4n) is 10.9. The molecule has 9 heterocycles. The molecule has 2 N–H and O–H groups in total. The first-order valence-electron chi connectivity index (χ1n) is 25.5. The standard InChI is InChI=1S/C42H48F2N8O5.C13H14N2OS/c1-24(2)39(42(55)49-12-7-29(54)22-49)37-20-33(47-57-37)36-21-45-38-18-26(6-14-50(36)38)30-17-27-5-4-11-51(35(27)19-31(30)40(43)44)41-32-23-48(25(3)53)13-8-34(32)52(46-41)28-9-15-56-16-10-28;1-9(14-7-16)11-3-5-12(6-4-11)13-10(2)15-8-17-13/h6,14,17-21,24,28-29,39-40,54H,4-5,7-13,15-16,22-23H2,1-3H3;3-9H,1-2H3,(H,14,16). The number of thiazole rings is 1. The molecule has 3 atom stereocenters. The molecule has 19 heteroatoms. The molecule has 3 unspecified atom stereocenters. The summed E-state index contributed by atoms with van der Waals surface area (Å²) in [5.41, 5.74) is 11.7. The van der Waals surface area contributed by atoms with Crippen molar-refractivity contribution in [1.82, 2.24) is 44.4 Å². The second-order valence-electron chi connectivity index (χ2n) is 20.1. The molecule has 0 spiro atoms. The Balaban J connectivity index is 0.000000312. The van der Waals surface area contributed by atoms with Crippen molar-refractivity contribution in [2.24, 2.45) is 5.92 Å². The first kappa shape index (κ1) is 50.7. The number of anilines is 2. The van der Waals surface area contributed by atoms with Gasteiger partial charge in [-0.25, -0.2) is 18.7 Å². The van der Waals surface area contributed by atoms with Crippen LogP contribution in [0.4, 0.5) is 20.3 Å². The Labute approximate surface area is 432 Å². The smallest absolute Gasteiger partial charge is 0.264 e. The Bertz CT molecular complexity index is 3160. The Morgan fingerprint density at radius 1 is 0.946 bits per heavy atom. The number of halogens is 2. The summed E-state index contributed by atoms with van der Waals surface area (Å²) in [7, 11) is 0. The van der Waals surface area contributed by atoms with Crippen molar-refractivity contribution in [3.8, 4) is 33.0 Å². The summed E-state index contributed by atoms with van der Waals surface area (Å²) in [4.78, 5) is 52.0. The lowest BCUT2D eigenvalue weighted by Crippen LogP contribution is -2.36. The van der Waals surface area contributed by atoms with Crippen molar-refractivity contribution >= 4 is 46.7 Å². The molecule has 2 fully saturated rings. The van der Waals surface area contributed by atoms with Crippen LogP contribution in [0.1, 0.15) is 117 Å². The van der Waals surface area contributed by atoms with E-state index in [1.807, 2.05) is 66.8 Å². The summed E-state index contributed by atoms with van der Waals surface area (Å²) in [5.74, 6) is 0.475. The van der Waals surface area contributed by atoms with Crippen molar-refractivity contribution in [2.75, 3.05) is 44.3 Å². The molecular formula is C55H62F2N10O6S. The number of benzene rings is 2. The number of hydrogen-bond donors (Lipinski definition) is 2. The number of carbonyl (C=O) groups is 3. The molecule has 7 aromatic rings. The second kappa shape index (κ2) is 21.6. The number of imidazole rings is 1. The van der Waals surface area contributed by atoms with Crippen molar-refractivity contribution < 1.29 is 37.5 Å². The third-order valence-electron chi connectivity index (χ3n) is 15.0. The summed E-state index contributed by atoms with van der Waals surface area (Å²) < 4.78 is 45.7. The van der Waals surface area contributed by atoms with E-state index in [2.05, 4.69) is 42.2 Å². The highest BCUT2D eigenvalue weighted by atomic mass is 32.1. The average molecular weight is 1030 g/mol. The second-order valence-corrected chi connectivity index (χ2v) is 21.0. The number of likely N-dealkylation sites (tertiary alicyclic amines) is 1. The third-order valence-corrected chi connectivity index (χ3v) is 16.0. The van der Waals surface area contributed by atoms with Gasteiger partial charge in [0.2, 0.25) is 18.2 Å². The van der Waals surface area contributed by atoms with Crippen LogP contribution < -0.4 is 10.2 Å². The number of pyridine rings is 1. The van der Waals surface area contributed by atoms with Gasteiger partial charge in [-0.15, -0.1) is 11.3 Å². The highest BCUT2D eigenvalue weighted by molar-refractivity contribution is 7.13. The minimum absolute atomic E-state index is 0.00724. The third kappa shape index (κ3) is 10.1. The van der Waals surface area contributed by atoms with E-state index in [1.54, 1.807) is 53.8 Å². The van der Waals surface area contributed by atoms with Gasteiger partial charge in [0.25, 0.3) is 6.43 Å². The molecule has 0 bridgehead atoms. The predicted octanol–water partition coefficient (Wildman–Crippen LogP) is 9.39. The van der Waals surface area contributed by atoms with Gasteiger partial charge in [0, 0.05) is 87.5 Å². The van der Waals surface area contributed by atoms with Gasteiger partial charge in [-0.05, 0) is 104 Å². The number of nitrogens with one attached hydrogen (secondary N) is 1. The molecule has 0 saturated carbocycles. The molecule has 2 saturated heterocycles. The molecule has 74 heavy (non-hydrogen) atoms. The molecular weight excluding hydrogens is 967 g/mol. The minimum Gasteiger partial charge on any atom is -0.391 e. The number of amides is 3. The van der Waals surface area contributed by atoms with Gasteiger partial charge in [0.15, 0.2) is 5.82 Å². The van der Waals surface area contributed by atoms with Crippen LogP contribution in [-0.4, -0.2) is 108 Å². The van der Waals surface area contributed by atoms with E-state index in [0.29, 0.717) is 92.7 Å². The quantitative estimate of drug-likeness (QED) is 0.112. The highest BCUT2D eigenvalue weighted by Crippen LogP contribution is 2.44. The van der Waals surface area contributed by atoms with Gasteiger partial charge in [0.1, 0.15) is 23.0 Å². The molecule has 4 aliphatic rings. The first-order valence-corrected chi connectivity index (χ1v) is 26.4. The maximum atomic E-state index is 15.1. The number of aromatic nitrogens is 6. The molecule has 4 aliphatic heterocycles. The minimum atomic E-state index is -2.74. The first-order chi connectivity index (χ1) is 35.8. The Hall–Kier alpha value is -6.83. The highest BCUT2D eigenvalue weighted by Gasteiger charge is 2.37. The van der Waals surface area contributed by atoms with Crippen molar-refractivity contribution in [3.63, 3.8) is 0 Å². The summed E-state index contributed by atoms with van der Waals surface area (Å²) in [5, 5.41) is 22.3. The molecule has 388 valence electrons. The van der Waals surface area contributed by atoms with Crippen LogP contribution in [0.25, 0.3) is 38.6 Å². The topological polar surface area (TPSA) is 176 Å². The zero-order valence-electron chi connectivity index (χ0n) is 42.3. The molecule has 0 aliphatic carbocycles. The summed E-state index contributed by atoms with van der Waals surface area (Å²) >= 11 is 1.64. The number of ether oxygens (including phenoxy) is 1. The lowest BCUT2D eigenvalue weighted by molar-refractivity contribution is -0.133. The molecule has 0 radical (unpaired) electrons. The largest absolute Gasteiger partial charge is 0.391 e. The summed E-state index contributed by atoms with van der Waals surface area (Å²) in [6, 6.07) is 17.4. The van der Waals surface area contributed by atoms with E-state index >= 15 is 8.78 Å². The van der Waals surface area contributed by atoms with Crippen LogP contribution >= 0.6 is 11.3 Å². The van der Waals surface area contributed by atoms with Crippen molar-refractivity contribution in [3.05, 3.63) is 112 Å². The summed E-state index contributed by atoms with van der Waals surface area (Å²) in [6.07, 6.45) is 5.44. The number of aliphatic hydroxyl groups excluding tert-OH is 1. The van der Waals surface area contributed by atoms with E-state index in [1.165, 1.54) is 10.4 Å². The Morgan fingerprint density at radius 3 is 2.43 bits per heavy atom. The van der Waals surface area contributed by atoms with E-state index in [4.69, 9.17) is 14.4 Å². The van der Waals surface area contributed by atoms with Gasteiger partial charge < -0.3 is 34.4 Å². The predicted molar refractivity (Wildman–Crippen MR) is 277 cm³/mol. The number of nitrogens with zero attached hydrogens (tertiary/aromatic N) is 9. The molecule has 2 aromatic carbocycles. The van der Waals surface area contributed by atoms with Gasteiger partial charge in [-0.2, -0.15) is 5.10 Å².